The average Bonchev–Trinajstić information content (AvgIpc) is 2.99. The summed E-state index contributed by atoms with van der Waals surface area (Å²) in [5.74, 6) is -9.54. The van der Waals surface area contributed by atoms with Crippen LogP contribution in [0.5, 0.6) is 0 Å². The number of aliphatic hydroxyl groups excluding tert-OH is 1. The maximum absolute atomic E-state index is 13.3. The van der Waals surface area contributed by atoms with Crippen molar-refractivity contribution >= 4 is 53.3 Å². The topological polar surface area (TPSA) is 339 Å². The molecule has 0 rings (SSSR count). The fraction of sp³-hybridized carbons (Fsp3) is 0.710. The van der Waals surface area contributed by atoms with Crippen LogP contribution in [0.15, 0.2) is 0 Å². The van der Waals surface area contributed by atoms with E-state index in [0.717, 1.165) is 6.92 Å². The third kappa shape index (κ3) is 18.1. The van der Waals surface area contributed by atoms with Crippen LogP contribution < -0.4 is 43.4 Å². The van der Waals surface area contributed by atoms with E-state index in [-0.39, 0.29) is 24.7 Å². The molecule has 0 bridgehead atoms. The van der Waals surface area contributed by atoms with E-state index < -0.39 is 121 Å². The van der Waals surface area contributed by atoms with Gasteiger partial charge < -0.3 is 58.7 Å². The first-order chi connectivity index (χ1) is 23.5. The Kier molecular flexibility index (Phi) is 20.0. The van der Waals surface area contributed by atoms with Gasteiger partial charge in [0.15, 0.2) is 0 Å². The second kappa shape index (κ2) is 22.1. The molecule has 0 heterocycles. The van der Waals surface area contributed by atoms with Gasteiger partial charge in [-0.05, 0) is 51.9 Å². The highest BCUT2D eigenvalue weighted by Crippen LogP contribution is 2.10. The fourth-order valence-electron chi connectivity index (χ4n) is 4.51. The van der Waals surface area contributed by atoms with Crippen molar-refractivity contribution in [2.45, 2.75) is 129 Å². The van der Waals surface area contributed by atoms with E-state index in [1.54, 1.807) is 27.7 Å². The smallest absolute Gasteiger partial charge is 0.326 e. The normalized spacial score (nSPS) is 15.8. The van der Waals surface area contributed by atoms with E-state index in [4.69, 9.17) is 11.5 Å². The molecule has 51 heavy (non-hydrogen) atoms. The van der Waals surface area contributed by atoms with E-state index in [0.29, 0.717) is 0 Å². The Balaban J connectivity index is 5.97. The van der Waals surface area contributed by atoms with Crippen LogP contribution in [0.25, 0.3) is 0 Å². The Morgan fingerprint density at radius 2 is 1.02 bits per heavy atom. The number of primary amides is 1. The summed E-state index contributed by atoms with van der Waals surface area (Å²) in [6.45, 7) is 10.8. The summed E-state index contributed by atoms with van der Waals surface area (Å²) in [6, 6.07) is -9.89. The second-order valence-electron chi connectivity index (χ2n) is 13.2. The Morgan fingerprint density at radius 1 is 0.569 bits per heavy atom. The van der Waals surface area contributed by atoms with Crippen LogP contribution in [-0.2, 0) is 43.2 Å². The average molecular weight is 731 g/mol. The van der Waals surface area contributed by atoms with Crippen molar-refractivity contribution in [2.75, 3.05) is 0 Å². The number of aliphatic carboxylic acids is 2. The van der Waals surface area contributed by atoms with Crippen LogP contribution in [-0.4, -0.2) is 117 Å². The summed E-state index contributed by atoms with van der Waals surface area (Å²) in [4.78, 5) is 112. The van der Waals surface area contributed by atoms with Crippen molar-refractivity contribution in [1.82, 2.24) is 31.9 Å². The summed E-state index contributed by atoms with van der Waals surface area (Å²) in [7, 11) is 0. The number of hydrogen-bond donors (Lipinski definition) is 11. The van der Waals surface area contributed by atoms with Crippen LogP contribution >= 0.6 is 0 Å². The lowest BCUT2D eigenvalue weighted by molar-refractivity contribution is -0.143. The maximum Gasteiger partial charge on any atom is 0.326 e. The van der Waals surface area contributed by atoms with Gasteiger partial charge in [-0.15, -0.1) is 0 Å². The van der Waals surface area contributed by atoms with Gasteiger partial charge in [0.2, 0.25) is 41.4 Å². The zero-order chi connectivity index (χ0) is 39.7. The molecule has 0 aromatic rings. The van der Waals surface area contributed by atoms with E-state index in [1.165, 1.54) is 13.8 Å². The van der Waals surface area contributed by atoms with E-state index in [2.05, 4.69) is 31.9 Å². The van der Waals surface area contributed by atoms with Crippen LogP contribution in [0, 0.1) is 11.8 Å². The number of carbonyl (C=O) groups is 9. The van der Waals surface area contributed by atoms with Crippen molar-refractivity contribution in [2.24, 2.45) is 23.3 Å². The molecule has 0 radical (unpaired) electrons. The summed E-state index contributed by atoms with van der Waals surface area (Å²) >= 11 is 0. The zero-order valence-corrected chi connectivity index (χ0v) is 30.0. The Hall–Kier alpha value is -4.85. The SMILES string of the molecule is CC(C)C[C@H](NC(=O)[C@H](CC(C)C)NC(=O)[C@H](C)NC(=O)[C@H](CCC(N)=O)NC(=O)[C@@H](NC(=O)[C@H](CC(=O)O)NC(=O)[C@H](C)N)[C@@H](C)O)C(=O)O. The summed E-state index contributed by atoms with van der Waals surface area (Å²) in [5, 5.41) is 42.8. The molecule has 0 aromatic carbocycles. The highest BCUT2D eigenvalue weighted by Gasteiger charge is 2.35. The van der Waals surface area contributed by atoms with Crippen molar-refractivity contribution in [1.29, 1.82) is 0 Å². The number of nitrogens with one attached hydrogen (secondary N) is 6. The number of amides is 7. The third-order valence-corrected chi connectivity index (χ3v) is 7.21. The molecule has 20 heteroatoms. The van der Waals surface area contributed by atoms with Gasteiger partial charge in [0.05, 0.1) is 18.6 Å². The summed E-state index contributed by atoms with van der Waals surface area (Å²) in [6.07, 6.45) is -3.08. The van der Waals surface area contributed by atoms with Crippen LogP contribution in [0.1, 0.15) is 80.6 Å². The molecule has 13 N–H and O–H groups in total. The molecular weight excluding hydrogens is 676 g/mol. The van der Waals surface area contributed by atoms with Gasteiger partial charge in [0, 0.05) is 6.42 Å². The van der Waals surface area contributed by atoms with Crippen LogP contribution in [0.4, 0.5) is 0 Å². The van der Waals surface area contributed by atoms with Gasteiger partial charge in [-0.1, -0.05) is 27.7 Å². The lowest BCUT2D eigenvalue weighted by Crippen LogP contribution is -2.61. The molecule has 0 aliphatic heterocycles. The van der Waals surface area contributed by atoms with Crippen molar-refractivity contribution in [3.05, 3.63) is 0 Å². The quantitative estimate of drug-likeness (QED) is 0.0488. The maximum atomic E-state index is 13.3. The highest BCUT2D eigenvalue weighted by molar-refractivity contribution is 5.98. The molecule has 0 fully saturated rings. The number of hydrogen-bond acceptors (Lipinski definition) is 11. The van der Waals surface area contributed by atoms with E-state index in [9.17, 15) is 58.5 Å². The van der Waals surface area contributed by atoms with Crippen molar-refractivity contribution in [3.8, 4) is 0 Å². The lowest BCUT2D eigenvalue weighted by Gasteiger charge is -2.27. The van der Waals surface area contributed by atoms with Crippen LogP contribution in [0.2, 0.25) is 0 Å². The molecule has 20 nitrogen and oxygen atoms in total. The Morgan fingerprint density at radius 3 is 1.47 bits per heavy atom. The molecule has 0 aromatic heterocycles. The lowest BCUT2D eigenvalue weighted by atomic mass is 10.0. The number of rotatable bonds is 23. The molecule has 290 valence electrons. The number of carbonyl (C=O) groups excluding carboxylic acids is 7. The Labute approximate surface area is 296 Å². The number of carboxylic acids is 2. The monoisotopic (exact) mass is 730 g/mol. The standard InChI is InChI=1S/C31H54N8O12/c1-13(2)10-19(28(47)38-21(31(50)51)11-14(3)4)37-26(45)16(6)34-27(46)18(8-9-22(33)41)35-30(49)24(17(7)40)39-29(48)20(12-23(42)43)36-25(44)15(5)32/h13-21,24,40H,8-12,32H2,1-7H3,(H2,33,41)(H,34,46)(H,35,49)(H,36,44)(H,37,45)(H,38,47)(H,39,48)(H,42,43)(H,50,51)/t15-,16-,17+,18-,19-,20-,21-,24-/m0/s1. The first-order valence-corrected chi connectivity index (χ1v) is 16.4. The molecule has 0 saturated heterocycles. The van der Waals surface area contributed by atoms with Crippen molar-refractivity contribution in [3.63, 3.8) is 0 Å². The number of nitrogens with two attached hydrogens (primary N) is 2. The van der Waals surface area contributed by atoms with Gasteiger partial charge in [-0.25, -0.2) is 4.79 Å². The minimum Gasteiger partial charge on any atom is -0.481 e. The van der Waals surface area contributed by atoms with E-state index in [1.807, 2.05) is 0 Å². The number of aliphatic hydroxyl groups is 1. The third-order valence-electron chi connectivity index (χ3n) is 7.21. The number of carboxylic acid groups (broad SMARTS) is 2. The largest absolute Gasteiger partial charge is 0.481 e. The second-order valence-corrected chi connectivity index (χ2v) is 13.2. The van der Waals surface area contributed by atoms with Gasteiger partial charge in [-0.3, -0.25) is 38.4 Å². The minimum absolute atomic E-state index is 0.0586. The van der Waals surface area contributed by atoms with E-state index >= 15 is 0 Å². The zero-order valence-electron chi connectivity index (χ0n) is 30.0. The minimum atomic E-state index is -1.80. The molecule has 0 unspecified atom stereocenters. The highest BCUT2D eigenvalue weighted by atomic mass is 16.4. The molecule has 8 atom stereocenters. The molecule has 7 amide bonds. The molecule has 0 saturated carbocycles. The molecule has 0 aliphatic rings. The van der Waals surface area contributed by atoms with Gasteiger partial charge in [0.25, 0.3) is 0 Å². The molecular formula is C31H54N8O12. The first kappa shape index (κ1) is 46.1. The fourth-order valence-corrected chi connectivity index (χ4v) is 4.51. The summed E-state index contributed by atoms with van der Waals surface area (Å²) in [5.41, 5.74) is 10.7. The summed E-state index contributed by atoms with van der Waals surface area (Å²) < 4.78 is 0. The molecule has 0 spiro atoms. The van der Waals surface area contributed by atoms with Gasteiger partial charge in [0.1, 0.15) is 36.3 Å². The Bertz CT molecular complexity index is 1270. The molecule has 0 aliphatic carbocycles. The van der Waals surface area contributed by atoms with Crippen LogP contribution in [0.3, 0.4) is 0 Å². The predicted molar refractivity (Wildman–Crippen MR) is 180 cm³/mol. The predicted octanol–water partition coefficient (Wildman–Crippen LogP) is -3.44. The van der Waals surface area contributed by atoms with Gasteiger partial charge in [-0.2, -0.15) is 0 Å². The van der Waals surface area contributed by atoms with Crippen molar-refractivity contribution < 1.29 is 58.5 Å². The van der Waals surface area contributed by atoms with Gasteiger partial charge >= 0.3 is 11.9 Å². The first-order valence-electron chi connectivity index (χ1n) is 16.4.